The van der Waals surface area contributed by atoms with Gasteiger partial charge in [0.05, 0.1) is 13.7 Å². The summed E-state index contributed by atoms with van der Waals surface area (Å²) in [6.45, 7) is 6.52. The molecule has 1 heterocycles. The number of hydrogen-bond donors (Lipinski definition) is 0. The van der Waals surface area contributed by atoms with Crippen molar-refractivity contribution < 1.29 is 14.3 Å². The van der Waals surface area contributed by atoms with Crippen molar-refractivity contribution in [2.24, 2.45) is 0 Å². The van der Waals surface area contributed by atoms with Crippen LogP contribution in [0.1, 0.15) is 18.9 Å². The molecule has 0 N–H and O–H groups in total. The van der Waals surface area contributed by atoms with Crippen molar-refractivity contribution in [3.8, 4) is 5.75 Å². The molecule has 0 radical (unpaired) electrons. The first-order valence-corrected chi connectivity index (χ1v) is 6.77. The fourth-order valence-electron chi connectivity index (χ4n) is 2.22. The maximum Gasteiger partial charge on any atom is 0.334 e. The quantitative estimate of drug-likeness (QED) is 0.463. The second-order valence-corrected chi connectivity index (χ2v) is 5.79. The molecule has 1 aliphatic rings. The molecule has 0 saturated carbocycles. The molecule has 3 nitrogen and oxygen atoms in total. The van der Waals surface area contributed by atoms with Crippen LogP contribution in [0.15, 0.2) is 30.4 Å². The van der Waals surface area contributed by atoms with E-state index >= 15 is 0 Å². The lowest BCUT2D eigenvalue weighted by molar-refractivity contribution is -0.136. The molecule has 1 atom stereocenters. The maximum atomic E-state index is 11.7. The molecule has 0 fully saturated rings. The number of hydrogen-bond acceptors (Lipinski definition) is 3. The van der Waals surface area contributed by atoms with Gasteiger partial charge in [-0.25, -0.2) is 4.79 Å². The van der Waals surface area contributed by atoms with Crippen LogP contribution in [0.5, 0.6) is 5.75 Å². The van der Waals surface area contributed by atoms with Gasteiger partial charge in [-0.3, -0.25) is 0 Å². The second kappa shape index (κ2) is 4.91. The molecular weight excluding hydrogens is 343 g/mol. The number of fused-ring (bicyclic) bond motifs is 1. The lowest BCUT2D eigenvalue weighted by Crippen LogP contribution is -2.35. The molecule has 1 aromatic carbocycles. The number of halogens is 1. The average Bonchev–Trinajstić information content (AvgIpc) is 2.38. The van der Waals surface area contributed by atoms with E-state index < -0.39 is 5.41 Å². The predicted octanol–water partition coefficient (Wildman–Crippen LogP) is 3.06. The molecule has 1 aliphatic heterocycles. The van der Waals surface area contributed by atoms with E-state index in [4.69, 9.17) is 9.47 Å². The number of carbonyl (C=O) groups is 1. The highest BCUT2D eigenvalue weighted by Gasteiger charge is 2.39. The second-order valence-electron chi connectivity index (χ2n) is 4.54. The van der Waals surface area contributed by atoms with Gasteiger partial charge < -0.3 is 9.47 Å². The summed E-state index contributed by atoms with van der Waals surface area (Å²) in [6, 6.07) is 5.98. The van der Waals surface area contributed by atoms with Crippen LogP contribution in [0, 0.1) is 3.57 Å². The van der Waals surface area contributed by atoms with Crippen LogP contribution in [-0.4, -0.2) is 19.7 Å². The largest absolute Gasteiger partial charge is 0.493 e. The zero-order valence-corrected chi connectivity index (χ0v) is 12.6. The van der Waals surface area contributed by atoms with Gasteiger partial charge in [0.1, 0.15) is 5.75 Å². The van der Waals surface area contributed by atoms with Gasteiger partial charge in [-0.15, -0.1) is 0 Å². The molecule has 2 rings (SSSR count). The van der Waals surface area contributed by atoms with Crippen LogP contribution in [0.2, 0.25) is 0 Å². The summed E-state index contributed by atoms with van der Waals surface area (Å²) >= 11 is 2.25. The van der Waals surface area contributed by atoms with Crippen molar-refractivity contribution in [1.82, 2.24) is 0 Å². The van der Waals surface area contributed by atoms with Crippen molar-refractivity contribution in [3.05, 3.63) is 39.5 Å². The Bertz CT molecular complexity index is 510. The molecule has 0 amide bonds. The van der Waals surface area contributed by atoms with Gasteiger partial charge in [-0.1, -0.05) is 13.5 Å². The van der Waals surface area contributed by atoms with Crippen molar-refractivity contribution in [1.29, 1.82) is 0 Å². The van der Waals surface area contributed by atoms with Crippen LogP contribution in [-0.2, 0) is 14.9 Å². The molecule has 1 aromatic rings. The summed E-state index contributed by atoms with van der Waals surface area (Å²) in [7, 11) is 1.38. The fraction of sp³-hybridized carbons (Fsp3) is 0.357. The smallest absolute Gasteiger partial charge is 0.334 e. The molecule has 96 valence electrons. The minimum atomic E-state index is -0.415. The van der Waals surface area contributed by atoms with Crippen molar-refractivity contribution in [2.75, 3.05) is 13.7 Å². The minimum Gasteiger partial charge on any atom is -0.493 e. The van der Waals surface area contributed by atoms with Crippen LogP contribution in [0.4, 0.5) is 0 Å². The monoisotopic (exact) mass is 358 g/mol. The molecule has 4 heteroatoms. The normalized spacial score (nSPS) is 21.7. The highest BCUT2D eigenvalue weighted by atomic mass is 127. The Labute approximate surface area is 120 Å². The molecular formula is C14H15IO3. The van der Waals surface area contributed by atoms with Crippen LogP contribution < -0.4 is 4.74 Å². The first-order valence-electron chi connectivity index (χ1n) is 5.69. The Balaban J connectivity index is 2.51. The summed E-state index contributed by atoms with van der Waals surface area (Å²) < 4.78 is 11.5. The number of rotatable bonds is 2. The summed E-state index contributed by atoms with van der Waals surface area (Å²) in [5, 5.41) is 0. The number of ether oxygens (including phenoxy) is 2. The van der Waals surface area contributed by atoms with Gasteiger partial charge in [0.2, 0.25) is 0 Å². The Morgan fingerprint density at radius 1 is 1.56 bits per heavy atom. The topological polar surface area (TPSA) is 35.5 Å². The summed E-state index contributed by atoms with van der Waals surface area (Å²) in [5.41, 5.74) is 1.08. The highest BCUT2D eigenvalue weighted by Crippen LogP contribution is 2.43. The van der Waals surface area contributed by atoms with E-state index in [1.807, 2.05) is 25.1 Å². The fourth-order valence-corrected chi connectivity index (χ4v) is 2.71. The van der Waals surface area contributed by atoms with Crippen molar-refractivity contribution in [2.45, 2.75) is 18.8 Å². The van der Waals surface area contributed by atoms with E-state index in [1.54, 1.807) is 0 Å². The Hall–Kier alpha value is -1.04. The third-order valence-electron chi connectivity index (χ3n) is 3.49. The molecule has 0 saturated heterocycles. The zero-order chi connectivity index (χ0) is 13.3. The van der Waals surface area contributed by atoms with Crippen molar-refractivity contribution in [3.63, 3.8) is 0 Å². The minimum absolute atomic E-state index is 0.357. The lowest BCUT2D eigenvalue weighted by atomic mass is 9.72. The third kappa shape index (κ3) is 2.13. The first kappa shape index (κ1) is 13.4. The van der Waals surface area contributed by atoms with Gasteiger partial charge in [0, 0.05) is 20.1 Å². The predicted molar refractivity (Wildman–Crippen MR) is 77.8 cm³/mol. The zero-order valence-electron chi connectivity index (χ0n) is 10.5. The average molecular weight is 358 g/mol. The van der Waals surface area contributed by atoms with Crippen LogP contribution in [0.25, 0.3) is 0 Å². The molecule has 18 heavy (non-hydrogen) atoms. The Morgan fingerprint density at radius 2 is 2.28 bits per heavy atom. The van der Waals surface area contributed by atoms with Gasteiger partial charge >= 0.3 is 5.97 Å². The molecule has 0 spiro atoms. The van der Waals surface area contributed by atoms with Crippen molar-refractivity contribution >= 4 is 28.6 Å². The third-order valence-corrected chi connectivity index (χ3v) is 4.16. The van der Waals surface area contributed by atoms with E-state index in [0.29, 0.717) is 12.2 Å². The van der Waals surface area contributed by atoms with Gasteiger partial charge in [0.15, 0.2) is 0 Å². The maximum absolute atomic E-state index is 11.7. The lowest BCUT2D eigenvalue weighted by Gasteiger charge is -2.36. The van der Waals surface area contributed by atoms with Gasteiger partial charge in [-0.2, -0.15) is 0 Å². The molecule has 0 aromatic heterocycles. The summed E-state index contributed by atoms with van der Waals surface area (Å²) in [5.74, 6) is 0.471. The first-order chi connectivity index (χ1) is 8.49. The Kier molecular flexibility index (Phi) is 3.66. The van der Waals surface area contributed by atoms with E-state index in [-0.39, 0.29) is 5.97 Å². The van der Waals surface area contributed by atoms with E-state index in [0.717, 1.165) is 21.3 Å². The summed E-state index contributed by atoms with van der Waals surface area (Å²) in [6.07, 6.45) is 0.730. The number of esters is 1. The molecule has 0 aliphatic carbocycles. The highest BCUT2D eigenvalue weighted by molar-refractivity contribution is 14.1. The van der Waals surface area contributed by atoms with E-state index in [9.17, 15) is 4.79 Å². The van der Waals surface area contributed by atoms with E-state index in [1.165, 1.54) is 7.11 Å². The molecule has 0 bridgehead atoms. The number of carbonyl (C=O) groups excluding carboxylic acids is 1. The van der Waals surface area contributed by atoms with Gasteiger partial charge in [0.25, 0.3) is 0 Å². The molecule has 0 unspecified atom stereocenters. The summed E-state index contributed by atoms with van der Waals surface area (Å²) in [4.78, 5) is 11.7. The van der Waals surface area contributed by atoms with Crippen LogP contribution in [0.3, 0.4) is 0 Å². The number of methoxy groups -OCH3 is 1. The SMILES string of the molecule is C=C(C(=O)OC)[C@]1(C)CCOc2ccc(I)cc21. The Morgan fingerprint density at radius 3 is 2.94 bits per heavy atom. The standard InChI is InChI=1S/C14H15IO3/c1-9(13(16)17-3)14(2)6-7-18-12-5-4-10(15)8-11(12)14/h4-5,8H,1,6-7H2,2-3H3/t14-/m0/s1. The number of benzene rings is 1. The van der Waals surface area contributed by atoms with Crippen LogP contribution >= 0.6 is 22.6 Å². The van der Waals surface area contributed by atoms with E-state index in [2.05, 4.69) is 29.2 Å². The van der Waals surface area contributed by atoms with Gasteiger partial charge in [-0.05, 0) is 47.2 Å².